The highest BCUT2D eigenvalue weighted by molar-refractivity contribution is 5.91. The maximum Gasteiger partial charge on any atom is 0.162 e. The van der Waals surface area contributed by atoms with E-state index in [1.807, 2.05) is 24.5 Å². The number of aromatic nitrogens is 6. The molecule has 2 aliphatic rings. The fourth-order valence-corrected chi connectivity index (χ4v) is 5.02. The van der Waals surface area contributed by atoms with Crippen LogP contribution in [0.1, 0.15) is 25.7 Å². The zero-order chi connectivity index (χ0) is 23.2. The highest BCUT2D eigenvalue weighted by Crippen LogP contribution is 2.33. The summed E-state index contributed by atoms with van der Waals surface area (Å²) in [6.45, 7) is 11.6. The molecule has 0 aliphatic carbocycles. The Balaban J connectivity index is 0.00000253. The largest absolute Gasteiger partial charge is 0.377 e. The Morgan fingerprint density at radius 3 is 2.80 bits per heavy atom. The number of morpholine rings is 1. The van der Waals surface area contributed by atoms with Crippen LogP contribution in [0.15, 0.2) is 30.6 Å². The Kier molecular flexibility index (Phi) is 6.29. The molecule has 9 nitrogen and oxygen atoms in total. The van der Waals surface area contributed by atoms with Crippen molar-refractivity contribution in [3.8, 4) is 22.6 Å². The van der Waals surface area contributed by atoms with Gasteiger partial charge in [0.1, 0.15) is 11.5 Å². The number of ether oxygens (including phenoxy) is 1. The van der Waals surface area contributed by atoms with E-state index in [-0.39, 0.29) is 13.5 Å². The summed E-state index contributed by atoms with van der Waals surface area (Å²) < 4.78 is 7.83. The van der Waals surface area contributed by atoms with E-state index in [0.29, 0.717) is 25.0 Å². The number of aryl methyl sites for hydroxylation is 1. The molecular weight excluding hydrogens is 440 g/mol. The van der Waals surface area contributed by atoms with Gasteiger partial charge in [-0.1, -0.05) is 7.43 Å². The van der Waals surface area contributed by atoms with Crippen molar-refractivity contribution in [3.05, 3.63) is 42.0 Å². The first-order chi connectivity index (χ1) is 16.6. The minimum atomic E-state index is 0. The Hall–Kier alpha value is -3.30. The van der Waals surface area contributed by atoms with Crippen LogP contribution < -0.4 is 10.2 Å². The molecule has 35 heavy (non-hydrogen) atoms. The van der Waals surface area contributed by atoms with Gasteiger partial charge in [-0.3, -0.25) is 4.68 Å². The molecule has 2 saturated heterocycles. The molecule has 0 amide bonds. The summed E-state index contributed by atoms with van der Waals surface area (Å²) in [5.74, 6) is 2.26. The first-order valence-electron chi connectivity index (χ1n) is 12.0. The van der Waals surface area contributed by atoms with E-state index in [1.165, 1.54) is 0 Å². The van der Waals surface area contributed by atoms with E-state index >= 15 is 0 Å². The molecule has 9 heteroatoms. The summed E-state index contributed by atoms with van der Waals surface area (Å²) in [6.07, 6.45) is 3.71. The fraction of sp³-hybridized carbons (Fsp3) is 0.462. The summed E-state index contributed by atoms with van der Waals surface area (Å²) >= 11 is 0. The van der Waals surface area contributed by atoms with Gasteiger partial charge in [0.25, 0.3) is 0 Å². The zero-order valence-electron chi connectivity index (χ0n) is 19.9. The third-order valence-electron chi connectivity index (χ3n) is 7.01. The molecule has 184 valence electrons. The van der Waals surface area contributed by atoms with Crippen LogP contribution in [0.2, 0.25) is 0 Å². The van der Waals surface area contributed by atoms with Crippen molar-refractivity contribution >= 4 is 16.9 Å². The maximum absolute atomic E-state index is 5.69. The van der Waals surface area contributed by atoms with E-state index in [4.69, 9.17) is 19.8 Å². The zero-order valence-corrected chi connectivity index (χ0v) is 19.9. The standard InChI is InChI=1S/C25H30N8O.CH4/c1-15-14-34-9-8-32(15)22-10-21(23-16(2)31-33(17(23)3)13-18-11-26-12-18)29-25(30-22)20-5-7-28-24-19(20)4-6-27-24;/h4-7,10,15,18,26H,8-9,11-14H2,1-3H3,(H,27,28);1H4/t15-;/m1./s1. The van der Waals surface area contributed by atoms with Gasteiger partial charge in [0.2, 0.25) is 0 Å². The van der Waals surface area contributed by atoms with E-state index in [2.05, 4.69) is 51.7 Å². The summed E-state index contributed by atoms with van der Waals surface area (Å²) in [5.41, 5.74) is 5.96. The molecule has 0 aromatic carbocycles. The van der Waals surface area contributed by atoms with Gasteiger partial charge < -0.3 is 19.9 Å². The quantitative estimate of drug-likeness (QED) is 0.456. The second-order valence-electron chi connectivity index (χ2n) is 9.40. The Labute approximate surface area is 205 Å². The fourth-order valence-electron chi connectivity index (χ4n) is 5.02. The number of fused-ring (bicyclic) bond motifs is 1. The molecule has 2 fully saturated rings. The number of pyridine rings is 1. The second-order valence-corrected chi connectivity index (χ2v) is 9.40. The topological polar surface area (TPSA) is 96.8 Å². The lowest BCUT2D eigenvalue weighted by atomic mass is 10.0. The number of H-pyrrole nitrogens is 1. The molecule has 0 spiro atoms. The predicted molar refractivity (Wildman–Crippen MR) is 139 cm³/mol. The number of nitrogens with one attached hydrogen (secondary N) is 2. The molecule has 6 rings (SSSR count). The highest BCUT2D eigenvalue weighted by Gasteiger charge is 2.25. The third kappa shape index (κ3) is 4.19. The number of hydrogen-bond acceptors (Lipinski definition) is 7. The number of hydrogen-bond donors (Lipinski definition) is 2. The normalized spacial score (nSPS) is 18.5. The average Bonchev–Trinajstić information content (AvgIpc) is 3.40. The molecule has 6 heterocycles. The summed E-state index contributed by atoms with van der Waals surface area (Å²) in [6, 6.07) is 6.39. The monoisotopic (exact) mass is 474 g/mol. The third-order valence-corrected chi connectivity index (χ3v) is 7.01. The molecule has 2 aliphatic heterocycles. The van der Waals surface area contributed by atoms with Crippen LogP contribution in [-0.4, -0.2) is 68.6 Å². The number of rotatable bonds is 5. The van der Waals surface area contributed by atoms with Gasteiger partial charge in [-0.05, 0) is 32.9 Å². The van der Waals surface area contributed by atoms with Crippen LogP contribution >= 0.6 is 0 Å². The van der Waals surface area contributed by atoms with Gasteiger partial charge in [-0.2, -0.15) is 5.10 Å². The van der Waals surface area contributed by atoms with Crippen molar-refractivity contribution in [2.24, 2.45) is 5.92 Å². The smallest absolute Gasteiger partial charge is 0.162 e. The van der Waals surface area contributed by atoms with Crippen molar-refractivity contribution in [1.82, 2.24) is 35.0 Å². The van der Waals surface area contributed by atoms with Crippen molar-refractivity contribution in [2.75, 3.05) is 37.7 Å². The molecule has 4 aromatic rings. The van der Waals surface area contributed by atoms with Gasteiger partial charge in [-0.25, -0.2) is 15.0 Å². The van der Waals surface area contributed by atoms with E-state index in [9.17, 15) is 0 Å². The van der Waals surface area contributed by atoms with Crippen LogP contribution in [0.4, 0.5) is 5.82 Å². The van der Waals surface area contributed by atoms with Gasteiger partial charge >= 0.3 is 0 Å². The van der Waals surface area contributed by atoms with Crippen LogP contribution in [0.25, 0.3) is 33.7 Å². The van der Waals surface area contributed by atoms with Gasteiger partial charge in [0.15, 0.2) is 5.82 Å². The van der Waals surface area contributed by atoms with Gasteiger partial charge in [0, 0.05) is 72.8 Å². The van der Waals surface area contributed by atoms with Crippen molar-refractivity contribution in [3.63, 3.8) is 0 Å². The van der Waals surface area contributed by atoms with Crippen LogP contribution in [0, 0.1) is 19.8 Å². The van der Waals surface area contributed by atoms with E-state index in [0.717, 1.165) is 71.2 Å². The summed E-state index contributed by atoms with van der Waals surface area (Å²) in [7, 11) is 0. The number of nitrogens with zero attached hydrogens (tertiary/aromatic N) is 6. The predicted octanol–water partition coefficient (Wildman–Crippen LogP) is 3.58. The van der Waals surface area contributed by atoms with Gasteiger partial charge in [0.05, 0.1) is 30.6 Å². The van der Waals surface area contributed by atoms with Gasteiger partial charge in [-0.15, -0.1) is 0 Å². The number of anilines is 1. The molecule has 0 saturated carbocycles. The lowest BCUT2D eigenvalue weighted by Crippen LogP contribution is -2.44. The minimum absolute atomic E-state index is 0. The van der Waals surface area contributed by atoms with Crippen molar-refractivity contribution in [1.29, 1.82) is 0 Å². The number of aromatic amines is 1. The molecule has 0 radical (unpaired) electrons. The molecule has 1 atom stereocenters. The summed E-state index contributed by atoms with van der Waals surface area (Å²) in [5, 5.41) is 9.26. The first kappa shape index (κ1) is 23.4. The Morgan fingerprint density at radius 1 is 1.17 bits per heavy atom. The van der Waals surface area contributed by atoms with E-state index < -0.39 is 0 Å². The van der Waals surface area contributed by atoms with Crippen LogP contribution in [0.5, 0.6) is 0 Å². The maximum atomic E-state index is 5.69. The summed E-state index contributed by atoms with van der Waals surface area (Å²) in [4.78, 5) is 20.1. The molecular formula is C26H34N8O. The molecule has 4 aromatic heterocycles. The van der Waals surface area contributed by atoms with E-state index in [1.54, 1.807) is 0 Å². The Bertz CT molecular complexity index is 1340. The lowest BCUT2D eigenvalue weighted by molar-refractivity contribution is 0.0985. The van der Waals surface area contributed by atoms with Crippen LogP contribution in [-0.2, 0) is 11.3 Å². The molecule has 0 bridgehead atoms. The Morgan fingerprint density at radius 2 is 2.03 bits per heavy atom. The first-order valence-corrected chi connectivity index (χ1v) is 12.0. The lowest BCUT2D eigenvalue weighted by Gasteiger charge is -2.34. The second kappa shape index (κ2) is 9.39. The van der Waals surface area contributed by atoms with Crippen LogP contribution in [0.3, 0.4) is 0 Å². The minimum Gasteiger partial charge on any atom is -0.377 e. The highest BCUT2D eigenvalue weighted by atomic mass is 16.5. The van der Waals surface area contributed by atoms with Crippen molar-refractivity contribution < 1.29 is 4.74 Å². The molecule has 2 N–H and O–H groups in total. The van der Waals surface area contributed by atoms with Crippen molar-refractivity contribution in [2.45, 2.75) is 40.8 Å². The average molecular weight is 475 g/mol. The molecule has 0 unspecified atom stereocenters. The SMILES string of the molecule is C.Cc1nn(CC2CNC2)c(C)c1-c1cc(N2CCOC[C@H]2C)nc(-c2ccnc3[nH]ccc23)n1.